The van der Waals surface area contributed by atoms with Crippen LogP contribution in [0.4, 0.5) is 4.39 Å². The van der Waals surface area contributed by atoms with Crippen molar-refractivity contribution in [2.45, 2.75) is 26.7 Å². The minimum atomic E-state index is -0.887. The van der Waals surface area contributed by atoms with Gasteiger partial charge < -0.3 is 10.0 Å². The van der Waals surface area contributed by atoms with E-state index < -0.39 is 17.2 Å². The highest BCUT2D eigenvalue weighted by Gasteiger charge is 2.48. The molecule has 0 spiro atoms. The third-order valence-corrected chi connectivity index (χ3v) is 4.89. The zero-order valence-corrected chi connectivity index (χ0v) is 13.4. The minimum absolute atomic E-state index is 0.0485. The third kappa shape index (κ3) is 3.09. The van der Waals surface area contributed by atoms with E-state index in [-0.39, 0.29) is 29.8 Å². The van der Waals surface area contributed by atoms with Gasteiger partial charge in [-0.2, -0.15) is 0 Å². The van der Waals surface area contributed by atoms with Crippen LogP contribution in [0.15, 0.2) is 18.2 Å². The van der Waals surface area contributed by atoms with Gasteiger partial charge in [-0.3, -0.25) is 9.59 Å². The minimum Gasteiger partial charge on any atom is -0.481 e. The summed E-state index contributed by atoms with van der Waals surface area (Å²) >= 11 is 5.93. The lowest BCUT2D eigenvalue weighted by atomic mass is 9.76. The van der Waals surface area contributed by atoms with Crippen LogP contribution in [0.25, 0.3) is 0 Å². The lowest BCUT2D eigenvalue weighted by Crippen LogP contribution is -2.41. The number of aliphatic carboxylic acids is 1. The quantitative estimate of drug-likeness (QED) is 0.925. The van der Waals surface area contributed by atoms with Crippen LogP contribution < -0.4 is 0 Å². The van der Waals surface area contributed by atoms with Gasteiger partial charge in [-0.25, -0.2) is 4.39 Å². The number of likely N-dealkylation sites (tertiary alicyclic amines) is 1. The number of carboxylic acid groups (broad SMARTS) is 1. The first-order valence-corrected chi connectivity index (χ1v) is 7.59. The molecule has 0 radical (unpaired) electrons. The fourth-order valence-electron chi connectivity index (χ4n) is 2.88. The molecule has 0 bridgehead atoms. The molecule has 6 heteroatoms. The van der Waals surface area contributed by atoms with E-state index in [0.717, 1.165) is 0 Å². The highest BCUT2D eigenvalue weighted by Crippen LogP contribution is 2.38. The van der Waals surface area contributed by atoms with E-state index in [1.807, 2.05) is 13.8 Å². The predicted molar refractivity (Wildman–Crippen MR) is 81.2 cm³/mol. The molecular weight excluding hydrogens is 309 g/mol. The molecule has 120 valence electrons. The summed E-state index contributed by atoms with van der Waals surface area (Å²) < 4.78 is 13.0. The van der Waals surface area contributed by atoms with Crippen molar-refractivity contribution in [2.75, 3.05) is 13.1 Å². The maximum absolute atomic E-state index is 13.0. The Morgan fingerprint density at radius 1 is 1.45 bits per heavy atom. The maximum Gasteiger partial charge on any atom is 0.311 e. The van der Waals surface area contributed by atoms with Crippen LogP contribution in [0.2, 0.25) is 5.02 Å². The summed E-state index contributed by atoms with van der Waals surface area (Å²) in [7, 11) is 0. The highest BCUT2D eigenvalue weighted by molar-refractivity contribution is 6.31. The Morgan fingerprint density at radius 3 is 2.64 bits per heavy atom. The normalized spacial score (nSPS) is 21.4. The van der Waals surface area contributed by atoms with Gasteiger partial charge in [0.25, 0.3) is 0 Å². The van der Waals surface area contributed by atoms with Crippen molar-refractivity contribution in [3.8, 4) is 0 Å². The van der Waals surface area contributed by atoms with Gasteiger partial charge in [0.15, 0.2) is 0 Å². The molecular formula is C16H19ClFNO3. The summed E-state index contributed by atoms with van der Waals surface area (Å²) in [5, 5.41) is 9.71. The molecule has 1 aromatic rings. The zero-order valence-electron chi connectivity index (χ0n) is 12.6. The van der Waals surface area contributed by atoms with Crippen molar-refractivity contribution < 1.29 is 19.1 Å². The molecule has 4 nitrogen and oxygen atoms in total. The zero-order chi connectivity index (χ0) is 16.5. The van der Waals surface area contributed by atoms with E-state index in [4.69, 9.17) is 11.6 Å². The number of carboxylic acids is 1. The number of amides is 1. The first-order valence-electron chi connectivity index (χ1n) is 7.21. The third-order valence-electron chi connectivity index (χ3n) is 4.54. The second-order valence-corrected chi connectivity index (χ2v) is 6.50. The molecule has 1 atom stereocenters. The number of nitrogens with zero attached hydrogens (tertiary/aromatic N) is 1. The van der Waals surface area contributed by atoms with Crippen LogP contribution in [-0.2, 0) is 16.0 Å². The Balaban J connectivity index is 2.10. The summed E-state index contributed by atoms with van der Waals surface area (Å²) in [5.74, 6) is -1.56. The maximum atomic E-state index is 13.0. The molecule has 0 saturated carbocycles. The molecule has 1 N–H and O–H groups in total. The average molecular weight is 328 g/mol. The standard InChI is InChI=1S/C16H19ClFNO3/c1-10(2)16(15(21)22)5-6-19(9-16)14(20)7-11-3-4-12(18)8-13(11)17/h3-4,8,10H,5-7,9H2,1-2H3,(H,21,22). The number of halogens is 2. The van der Waals surface area contributed by atoms with Crippen molar-refractivity contribution in [3.05, 3.63) is 34.6 Å². The van der Waals surface area contributed by atoms with Crippen LogP contribution in [0.1, 0.15) is 25.8 Å². The van der Waals surface area contributed by atoms with Gasteiger partial charge in [-0.15, -0.1) is 0 Å². The molecule has 2 rings (SSSR count). The molecule has 1 saturated heterocycles. The summed E-state index contributed by atoms with van der Waals surface area (Å²) in [6.45, 7) is 4.34. The van der Waals surface area contributed by atoms with Gasteiger partial charge in [0.1, 0.15) is 5.82 Å². The molecule has 1 fully saturated rings. The van der Waals surface area contributed by atoms with Crippen LogP contribution in [0.3, 0.4) is 0 Å². The summed E-state index contributed by atoms with van der Waals surface area (Å²) in [5.41, 5.74) is -0.340. The molecule has 0 aromatic heterocycles. The first kappa shape index (κ1) is 16.7. The average Bonchev–Trinajstić information content (AvgIpc) is 2.88. The smallest absolute Gasteiger partial charge is 0.311 e. The van der Waals surface area contributed by atoms with Crippen LogP contribution in [-0.4, -0.2) is 35.0 Å². The largest absolute Gasteiger partial charge is 0.481 e. The lowest BCUT2D eigenvalue weighted by molar-refractivity contribution is -0.151. The van der Waals surface area contributed by atoms with Crippen LogP contribution in [0.5, 0.6) is 0 Å². The van der Waals surface area contributed by atoms with Crippen LogP contribution >= 0.6 is 11.6 Å². The number of carbonyl (C=O) groups excluding carboxylic acids is 1. The number of carbonyl (C=O) groups is 2. The summed E-state index contributed by atoms with van der Waals surface area (Å²) in [6, 6.07) is 3.91. The van der Waals surface area contributed by atoms with Gasteiger partial charge in [-0.05, 0) is 30.0 Å². The van der Waals surface area contributed by atoms with Crippen molar-refractivity contribution in [2.24, 2.45) is 11.3 Å². The van der Waals surface area contributed by atoms with E-state index in [9.17, 15) is 19.1 Å². The Labute approximate surface area is 133 Å². The SMILES string of the molecule is CC(C)C1(C(=O)O)CCN(C(=O)Cc2ccc(F)cc2Cl)C1. The number of benzene rings is 1. The molecule has 1 aromatic carbocycles. The molecule has 22 heavy (non-hydrogen) atoms. The van der Waals surface area contributed by atoms with Gasteiger partial charge in [0.2, 0.25) is 5.91 Å². The Kier molecular flexibility index (Phi) is 4.75. The number of hydrogen-bond donors (Lipinski definition) is 1. The van der Waals surface area contributed by atoms with Crippen molar-refractivity contribution in [1.29, 1.82) is 0 Å². The number of hydrogen-bond acceptors (Lipinski definition) is 2. The second-order valence-electron chi connectivity index (χ2n) is 6.09. The Morgan fingerprint density at radius 2 is 2.14 bits per heavy atom. The fourth-order valence-corrected chi connectivity index (χ4v) is 3.11. The van der Waals surface area contributed by atoms with Gasteiger partial charge in [-0.1, -0.05) is 31.5 Å². The van der Waals surface area contributed by atoms with Crippen molar-refractivity contribution >= 4 is 23.5 Å². The molecule has 0 aliphatic carbocycles. The Hall–Kier alpha value is -1.62. The molecule has 1 aliphatic rings. The van der Waals surface area contributed by atoms with Crippen molar-refractivity contribution in [1.82, 2.24) is 4.90 Å². The van der Waals surface area contributed by atoms with E-state index in [1.165, 1.54) is 18.2 Å². The van der Waals surface area contributed by atoms with Gasteiger partial charge in [0.05, 0.1) is 11.8 Å². The Bertz CT molecular complexity index is 605. The monoisotopic (exact) mass is 327 g/mol. The summed E-state index contributed by atoms with van der Waals surface area (Å²) in [4.78, 5) is 25.5. The molecule has 1 aliphatic heterocycles. The lowest BCUT2D eigenvalue weighted by Gasteiger charge is -2.28. The fraction of sp³-hybridized carbons (Fsp3) is 0.500. The predicted octanol–water partition coefficient (Wildman–Crippen LogP) is 2.98. The second kappa shape index (κ2) is 6.24. The van der Waals surface area contributed by atoms with Crippen LogP contribution in [0, 0.1) is 17.2 Å². The van der Waals surface area contributed by atoms with E-state index >= 15 is 0 Å². The highest BCUT2D eigenvalue weighted by atomic mass is 35.5. The van der Waals surface area contributed by atoms with E-state index in [2.05, 4.69) is 0 Å². The topological polar surface area (TPSA) is 57.6 Å². The van der Waals surface area contributed by atoms with Gasteiger partial charge in [0, 0.05) is 18.1 Å². The summed E-state index contributed by atoms with van der Waals surface area (Å²) in [6.07, 6.45) is 0.496. The van der Waals surface area contributed by atoms with Crippen molar-refractivity contribution in [3.63, 3.8) is 0 Å². The van der Waals surface area contributed by atoms with E-state index in [1.54, 1.807) is 4.90 Å². The molecule has 1 unspecified atom stereocenters. The number of rotatable bonds is 4. The van der Waals surface area contributed by atoms with Gasteiger partial charge >= 0.3 is 5.97 Å². The molecule has 1 heterocycles. The van der Waals surface area contributed by atoms with E-state index in [0.29, 0.717) is 18.5 Å². The first-order chi connectivity index (χ1) is 10.3. The molecule has 1 amide bonds.